The fourth-order valence-corrected chi connectivity index (χ4v) is 2.59. The number of rotatable bonds is 6. The van der Waals surface area contributed by atoms with Gasteiger partial charge in [0.1, 0.15) is 6.04 Å². The number of aliphatic carboxylic acids is 1. The molecule has 0 aliphatic carbocycles. The van der Waals surface area contributed by atoms with Gasteiger partial charge in [0.2, 0.25) is 0 Å². The highest BCUT2D eigenvalue weighted by Gasteiger charge is 2.44. The molecule has 0 amide bonds. The molecule has 1 unspecified atom stereocenters. The highest BCUT2D eigenvalue weighted by atomic mass is 16.4. The van der Waals surface area contributed by atoms with Crippen LogP contribution >= 0.6 is 0 Å². The van der Waals surface area contributed by atoms with Gasteiger partial charge in [-0.1, -0.05) is 27.7 Å². The molecule has 1 heterocycles. The van der Waals surface area contributed by atoms with Gasteiger partial charge in [-0.05, 0) is 30.6 Å². The largest absolute Gasteiger partial charge is 0.480 e. The van der Waals surface area contributed by atoms with E-state index in [9.17, 15) is 9.90 Å². The summed E-state index contributed by atoms with van der Waals surface area (Å²) in [7, 11) is 0. The van der Waals surface area contributed by atoms with Gasteiger partial charge in [0, 0.05) is 13.1 Å². The molecule has 0 spiro atoms. The average molecular weight is 227 g/mol. The summed E-state index contributed by atoms with van der Waals surface area (Å²) in [5.74, 6) is -0.214. The first-order chi connectivity index (χ1) is 7.44. The van der Waals surface area contributed by atoms with Crippen molar-refractivity contribution in [1.82, 2.24) is 4.90 Å². The van der Waals surface area contributed by atoms with Gasteiger partial charge >= 0.3 is 5.97 Å². The molecule has 0 aromatic rings. The number of carboxylic acid groups (broad SMARTS) is 1. The molecule has 16 heavy (non-hydrogen) atoms. The lowest BCUT2D eigenvalue weighted by Crippen LogP contribution is -2.61. The first kappa shape index (κ1) is 13.5. The van der Waals surface area contributed by atoms with Crippen molar-refractivity contribution in [3.63, 3.8) is 0 Å². The Morgan fingerprint density at radius 3 is 2.12 bits per heavy atom. The molecular weight excluding hydrogens is 202 g/mol. The smallest absolute Gasteiger partial charge is 0.320 e. The first-order valence-corrected chi connectivity index (χ1v) is 6.41. The summed E-state index contributed by atoms with van der Waals surface area (Å²) in [6.45, 7) is 10.5. The highest BCUT2D eigenvalue weighted by molar-refractivity contribution is 5.73. The number of carbonyl (C=O) groups is 1. The predicted octanol–water partition coefficient (Wildman–Crippen LogP) is 2.61. The van der Waals surface area contributed by atoms with Crippen molar-refractivity contribution >= 4 is 5.97 Å². The summed E-state index contributed by atoms with van der Waals surface area (Å²) < 4.78 is 0. The number of hydrogen-bond acceptors (Lipinski definition) is 2. The topological polar surface area (TPSA) is 40.5 Å². The summed E-state index contributed by atoms with van der Waals surface area (Å²) in [5, 5.41) is 9.23. The number of likely N-dealkylation sites (tertiary alicyclic amines) is 1. The summed E-state index contributed by atoms with van der Waals surface area (Å²) in [6.07, 6.45) is 3.08. The highest BCUT2D eigenvalue weighted by Crippen LogP contribution is 2.39. The quantitative estimate of drug-likeness (QED) is 0.758. The van der Waals surface area contributed by atoms with E-state index in [4.69, 9.17) is 0 Å². The van der Waals surface area contributed by atoms with Crippen LogP contribution < -0.4 is 0 Å². The molecule has 1 aliphatic rings. The summed E-state index contributed by atoms with van der Waals surface area (Å²) >= 11 is 0. The maximum atomic E-state index is 11.2. The molecule has 0 bridgehead atoms. The fourth-order valence-electron chi connectivity index (χ4n) is 2.59. The average Bonchev–Trinajstić information content (AvgIpc) is 2.15. The minimum atomic E-state index is -0.658. The summed E-state index contributed by atoms with van der Waals surface area (Å²) in [4.78, 5) is 13.3. The van der Waals surface area contributed by atoms with Gasteiger partial charge in [-0.3, -0.25) is 9.69 Å². The van der Waals surface area contributed by atoms with E-state index in [1.807, 2.05) is 0 Å². The molecule has 1 aliphatic heterocycles. The Morgan fingerprint density at radius 2 is 1.81 bits per heavy atom. The van der Waals surface area contributed by atoms with Crippen molar-refractivity contribution in [3.05, 3.63) is 0 Å². The van der Waals surface area contributed by atoms with Crippen molar-refractivity contribution in [2.45, 2.75) is 53.0 Å². The van der Waals surface area contributed by atoms with E-state index in [-0.39, 0.29) is 6.04 Å². The number of carboxylic acids is 1. The Morgan fingerprint density at radius 1 is 1.31 bits per heavy atom. The molecule has 1 saturated heterocycles. The number of hydrogen-bond donors (Lipinski definition) is 1. The van der Waals surface area contributed by atoms with Crippen LogP contribution in [0.15, 0.2) is 0 Å². The molecular formula is C13H25NO2. The second-order valence-corrected chi connectivity index (χ2v) is 5.60. The van der Waals surface area contributed by atoms with E-state index >= 15 is 0 Å². The van der Waals surface area contributed by atoms with Crippen molar-refractivity contribution in [1.29, 1.82) is 0 Å². The lowest BCUT2D eigenvalue weighted by Gasteiger charge is -2.52. The molecule has 1 fully saturated rings. The van der Waals surface area contributed by atoms with Gasteiger partial charge in [-0.2, -0.15) is 0 Å². The standard InChI is InChI=1S/C13H25NO2/c1-5-13(6-2)8-14(9-13)11(12(15)16)7-10(3)4/h10-11H,5-9H2,1-4H3,(H,15,16). The van der Waals surface area contributed by atoms with Gasteiger partial charge in [0.25, 0.3) is 0 Å². The van der Waals surface area contributed by atoms with Crippen LogP contribution in [0.1, 0.15) is 47.0 Å². The molecule has 0 saturated carbocycles. The van der Waals surface area contributed by atoms with E-state index in [1.165, 1.54) is 0 Å². The normalized spacial score (nSPS) is 21.8. The lowest BCUT2D eigenvalue weighted by atomic mass is 9.74. The van der Waals surface area contributed by atoms with Gasteiger partial charge in [0.15, 0.2) is 0 Å². The Hall–Kier alpha value is -0.570. The molecule has 0 radical (unpaired) electrons. The minimum absolute atomic E-state index is 0.272. The minimum Gasteiger partial charge on any atom is -0.480 e. The lowest BCUT2D eigenvalue weighted by molar-refractivity contribution is -0.151. The maximum Gasteiger partial charge on any atom is 0.320 e. The monoisotopic (exact) mass is 227 g/mol. The van der Waals surface area contributed by atoms with Crippen molar-refractivity contribution in [3.8, 4) is 0 Å². The van der Waals surface area contributed by atoms with Crippen LogP contribution in [0, 0.1) is 11.3 Å². The van der Waals surface area contributed by atoms with Crippen LogP contribution in [-0.4, -0.2) is 35.1 Å². The van der Waals surface area contributed by atoms with Crippen molar-refractivity contribution in [2.75, 3.05) is 13.1 Å². The van der Waals surface area contributed by atoms with Crippen LogP contribution in [-0.2, 0) is 4.79 Å². The third kappa shape index (κ3) is 2.76. The summed E-state index contributed by atoms with van der Waals surface area (Å²) in [6, 6.07) is -0.272. The molecule has 0 aromatic heterocycles. The van der Waals surface area contributed by atoms with Crippen LogP contribution in [0.2, 0.25) is 0 Å². The zero-order chi connectivity index (χ0) is 12.3. The first-order valence-electron chi connectivity index (χ1n) is 6.41. The Bertz CT molecular complexity index is 238. The molecule has 1 N–H and O–H groups in total. The second-order valence-electron chi connectivity index (χ2n) is 5.60. The Balaban J connectivity index is 2.55. The fraction of sp³-hybridized carbons (Fsp3) is 0.923. The molecule has 0 aromatic carbocycles. The molecule has 1 rings (SSSR count). The van der Waals surface area contributed by atoms with E-state index in [0.29, 0.717) is 11.3 Å². The maximum absolute atomic E-state index is 11.2. The molecule has 3 heteroatoms. The Kier molecular flexibility index (Phi) is 4.36. The second kappa shape index (κ2) is 5.17. The molecule has 3 nitrogen and oxygen atoms in total. The van der Waals surface area contributed by atoms with Crippen LogP contribution in [0.4, 0.5) is 0 Å². The summed E-state index contributed by atoms with van der Waals surface area (Å²) in [5.41, 5.74) is 0.394. The van der Waals surface area contributed by atoms with Gasteiger partial charge in [0.05, 0.1) is 0 Å². The van der Waals surface area contributed by atoms with E-state index in [1.54, 1.807) is 0 Å². The third-order valence-electron chi connectivity index (χ3n) is 4.00. The van der Waals surface area contributed by atoms with Gasteiger partial charge < -0.3 is 5.11 Å². The van der Waals surface area contributed by atoms with Crippen molar-refractivity contribution < 1.29 is 9.90 Å². The van der Waals surface area contributed by atoms with Gasteiger partial charge in [-0.25, -0.2) is 0 Å². The van der Waals surface area contributed by atoms with Crippen molar-refractivity contribution in [2.24, 2.45) is 11.3 Å². The zero-order valence-electron chi connectivity index (χ0n) is 11.0. The SMILES string of the molecule is CCC1(CC)CN(C(CC(C)C)C(=O)O)C1. The molecule has 94 valence electrons. The molecule has 1 atom stereocenters. The van der Waals surface area contributed by atoms with Crippen LogP contribution in [0.5, 0.6) is 0 Å². The number of nitrogens with zero attached hydrogens (tertiary/aromatic N) is 1. The van der Waals surface area contributed by atoms with Crippen LogP contribution in [0.3, 0.4) is 0 Å². The van der Waals surface area contributed by atoms with Crippen LogP contribution in [0.25, 0.3) is 0 Å². The van der Waals surface area contributed by atoms with E-state index in [2.05, 4.69) is 32.6 Å². The van der Waals surface area contributed by atoms with Gasteiger partial charge in [-0.15, -0.1) is 0 Å². The van der Waals surface area contributed by atoms with E-state index in [0.717, 1.165) is 32.4 Å². The Labute approximate surface area is 98.8 Å². The zero-order valence-corrected chi connectivity index (χ0v) is 11.0. The van der Waals surface area contributed by atoms with E-state index < -0.39 is 5.97 Å². The predicted molar refractivity (Wildman–Crippen MR) is 65.5 cm³/mol. The third-order valence-corrected chi connectivity index (χ3v) is 4.00.